The molecule has 3 heterocycles. The number of halogens is 2. The molecule has 146 valence electrons. The van der Waals surface area contributed by atoms with Crippen LogP contribution in [0.5, 0.6) is 0 Å². The highest BCUT2D eigenvalue weighted by atomic mass is 35.5. The topological polar surface area (TPSA) is 65.7 Å². The van der Waals surface area contributed by atoms with Gasteiger partial charge in [-0.15, -0.1) is 0 Å². The summed E-state index contributed by atoms with van der Waals surface area (Å²) in [6, 6.07) is 7.20. The molecule has 0 bridgehead atoms. The maximum Gasteiger partial charge on any atom is 0.254 e. The first-order valence-electron chi connectivity index (χ1n) is 8.86. The molecule has 28 heavy (non-hydrogen) atoms. The number of hydrogen-bond acceptors (Lipinski definition) is 6. The van der Waals surface area contributed by atoms with Gasteiger partial charge in [-0.3, -0.25) is 4.79 Å². The average Bonchev–Trinajstić information content (AvgIpc) is 3.13. The predicted molar refractivity (Wildman–Crippen MR) is 111 cm³/mol. The zero-order chi connectivity index (χ0) is 19.8. The van der Waals surface area contributed by atoms with Gasteiger partial charge in [-0.05, 0) is 18.2 Å². The Morgan fingerprint density at radius 3 is 2.39 bits per heavy atom. The van der Waals surface area contributed by atoms with E-state index in [4.69, 9.17) is 27.7 Å². The van der Waals surface area contributed by atoms with Gasteiger partial charge in [0.05, 0.1) is 21.0 Å². The fraction of sp³-hybridized carbons (Fsp3) is 0.316. The molecule has 9 heteroatoms. The van der Waals surface area contributed by atoms with Crippen molar-refractivity contribution in [1.29, 1.82) is 0 Å². The van der Waals surface area contributed by atoms with Crippen LogP contribution in [-0.2, 0) is 0 Å². The zero-order valence-corrected chi connectivity index (χ0v) is 17.0. The first-order valence-corrected chi connectivity index (χ1v) is 9.62. The van der Waals surface area contributed by atoms with Crippen molar-refractivity contribution in [3.05, 3.63) is 46.1 Å². The molecule has 0 unspecified atom stereocenters. The lowest BCUT2D eigenvalue weighted by Gasteiger charge is -2.35. The summed E-state index contributed by atoms with van der Waals surface area (Å²) in [5.74, 6) is 1.31. The highest BCUT2D eigenvalue weighted by molar-refractivity contribution is 6.36. The summed E-state index contributed by atoms with van der Waals surface area (Å²) in [5.41, 5.74) is 1.15. The van der Waals surface area contributed by atoms with Crippen molar-refractivity contribution in [3.8, 4) is 0 Å². The number of carbonyl (C=O) groups is 1. The van der Waals surface area contributed by atoms with Crippen LogP contribution in [0, 0.1) is 0 Å². The van der Waals surface area contributed by atoms with Crippen molar-refractivity contribution in [2.45, 2.75) is 0 Å². The minimum Gasteiger partial charge on any atom is -0.354 e. The molecule has 0 spiro atoms. The third-order valence-electron chi connectivity index (χ3n) is 4.78. The molecule has 1 amide bonds. The number of fused-ring (bicyclic) bond motifs is 1. The second-order valence-electron chi connectivity index (χ2n) is 6.82. The van der Waals surface area contributed by atoms with Crippen LogP contribution >= 0.6 is 23.2 Å². The van der Waals surface area contributed by atoms with Crippen LogP contribution < -0.4 is 9.80 Å². The lowest BCUT2D eigenvalue weighted by molar-refractivity contribution is 0.0827. The van der Waals surface area contributed by atoms with Crippen LogP contribution in [0.3, 0.4) is 0 Å². The molecule has 1 aliphatic heterocycles. The quantitative estimate of drug-likeness (QED) is 0.646. The number of anilines is 2. The zero-order valence-electron chi connectivity index (χ0n) is 15.5. The predicted octanol–water partition coefficient (Wildman–Crippen LogP) is 3.56. The van der Waals surface area contributed by atoms with Crippen LogP contribution in [0.4, 0.5) is 11.6 Å². The lowest BCUT2D eigenvalue weighted by atomic mass is 10.2. The van der Waals surface area contributed by atoms with E-state index in [0.717, 1.165) is 24.3 Å². The Morgan fingerprint density at radius 2 is 1.75 bits per heavy atom. The number of amides is 1. The van der Waals surface area contributed by atoms with Gasteiger partial charge >= 0.3 is 0 Å². The number of rotatable bonds is 3. The van der Waals surface area contributed by atoms with E-state index in [-0.39, 0.29) is 5.91 Å². The summed E-state index contributed by atoms with van der Waals surface area (Å²) in [7, 11) is 3.40. The molecular weight excluding hydrogens is 401 g/mol. The van der Waals surface area contributed by atoms with Gasteiger partial charge in [0.1, 0.15) is 5.82 Å². The van der Waals surface area contributed by atoms with E-state index in [1.165, 1.54) is 4.90 Å². The maximum atomic E-state index is 12.1. The number of piperazine rings is 1. The number of benzene rings is 1. The van der Waals surface area contributed by atoms with Crippen molar-refractivity contribution in [2.24, 2.45) is 0 Å². The molecule has 7 nitrogen and oxygen atoms in total. The van der Waals surface area contributed by atoms with Gasteiger partial charge in [-0.2, -0.15) is 0 Å². The van der Waals surface area contributed by atoms with Crippen LogP contribution in [0.2, 0.25) is 10.0 Å². The molecule has 1 fully saturated rings. The molecule has 4 rings (SSSR count). The summed E-state index contributed by atoms with van der Waals surface area (Å²) < 4.78 is 5.41. The molecule has 0 radical (unpaired) electrons. The number of nitrogens with zero attached hydrogens (tertiary/aromatic N) is 5. The van der Waals surface area contributed by atoms with Crippen LogP contribution in [0.15, 0.2) is 35.0 Å². The molecule has 0 N–H and O–H groups in total. The molecule has 1 aromatic carbocycles. The second kappa shape index (κ2) is 7.48. The molecule has 1 saturated heterocycles. The molecule has 3 aromatic rings. The summed E-state index contributed by atoms with van der Waals surface area (Å²) in [6.45, 7) is 2.88. The summed E-state index contributed by atoms with van der Waals surface area (Å²) >= 11 is 12.7. The lowest BCUT2D eigenvalue weighted by Crippen LogP contribution is -2.47. The van der Waals surface area contributed by atoms with Gasteiger partial charge in [0.2, 0.25) is 0 Å². The highest BCUT2D eigenvalue weighted by Gasteiger charge is 2.25. The van der Waals surface area contributed by atoms with Gasteiger partial charge in [-0.1, -0.05) is 34.4 Å². The van der Waals surface area contributed by atoms with E-state index in [1.807, 2.05) is 18.2 Å². The van der Waals surface area contributed by atoms with E-state index in [0.29, 0.717) is 40.1 Å². The standard InChI is InChI=1S/C19H19Cl2N5O2/c1-24(2)19(27)12-10-14(21)17(22-11-12)25-6-8-26(9-7-25)18-16-13(20)4-3-5-15(16)28-23-18/h3-5,10-11H,6-9H2,1-2H3. The summed E-state index contributed by atoms with van der Waals surface area (Å²) in [5, 5.41) is 6.14. The first kappa shape index (κ1) is 18.8. The Bertz CT molecular complexity index is 1030. The van der Waals surface area contributed by atoms with Crippen LogP contribution in [0.1, 0.15) is 10.4 Å². The van der Waals surface area contributed by atoms with Crippen molar-refractivity contribution in [1.82, 2.24) is 15.0 Å². The van der Waals surface area contributed by atoms with Gasteiger partial charge in [0.15, 0.2) is 11.4 Å². The molecular formula is C19H19Cl2N5O2. The fourth-order valence-electron chi connectivity index (χ4n) is 3.32. The van der Waals surface area contributed by atoms with Crippen molar-refractivity contribution in [2.75, 3.05) is 50.1 Å². The van der Waals surface area contributed by atoms with Crippen LogP contribution in [-0.4, -0.2) is 61.2 Å². The Labute approximate surface area is 172 Å². The molecule has 1 aliphatic rings. The van der Waals surface area contributed by atoms with Crippen molar-refractivity contribution >= 4 is 51.7 Å². The number of aromatic nitrogens is 2. The van der Waals surface area contributed by atoms with Crippen molar-refractivity contribution < 1.29 is 9.32 Å². The van der Waals surface area contributed by atoms with E-state index < -0.39 is 0 Å². The third kappa shape index (κ3) is 3.36. The molecule has 2 aromatic heterocycles. The van der Waals surface area contributed by atoms with Crippen molar-refractivity contribution in [3.63, 3.8) is 0 Å². The largest absolute Gasteiger partial charge is 0.354 e. The van der Waals surface area contributed by atoms with Gasteiger partial charge in [0.25, 0.3) is 5.91 Å². The summed E-state index contributed by atoms with van der Waals surface area (Å²) in [4.78, 5) is 22.3. The SMILES string of the molecule is CN(C)C(=O)c1cnc(N2CCN(c3noc4cccc(Cl)c34)CC2)c(Cl)c1. The minimum absolute atomic E-state index is 0.124. The Hall–Kier alpha value is -2.51. The van der Waals surface area contributed by atoms with E-state index >= 15 is 0 Å². The molecule has 0 saturated carbocycles. The molecule has 0 aliphatic carbocycles. The Morgan fingerprint density at radius 1 is 1.07 bits per heavy atom. The van der Waals surface area contributed by atoms with E-state index in [2.05, 4.69) is 19.9 Å². The normalized spacial score (nSPS) is 14.6. The highest BCUT2D eigenvalue weighted by Crippen LogP contribution is 2.33. The average molecular weight is 420 g/mol. The number of pyridine rings is 1. The van der Waals surface area contributed by atoms with Gasteiger partial charge in [0, 0.05) is 46.5 Å². The number of carbonyl (C=O) groups excluding carboxylic acids is 1. The monoisotopic (exact) mass is 419 g/mol. The van der Waals surface area contributed by atoms with Gasteiger partial charge < -0.3 is 19.2 Å². The maximum absolute atomic E-state index is 12.1. The van der Waals surface area contributed by atoms with Gasteiger partial charge in [-0.25, -0.2) is 4.98 Å². The first-order chi connectivity index (χ1) is 13.5. The number of hydrogen-bond donors (Lipinski definition) is 0. The van der Waals surface area contributed by atoms with E-state index in [1.54, 1.807) is 26.4 Å². The Balaban J connectivity index is 1.50. The fourth-order valence-corrected chi connectivity index (χ4v) is 3.86. The summed E-state index contributed by atoms with van der Waals surface area (Å²) in [6.07, 6.45) is 1.57. The second-order valence-corrected chi connectivity index (χ2v) is 7.64. The Kier molecular flexibility index (Phi) is 5.03. The third-order valence-corrected chi connectivity index (χ3v) is 5.38. The minimum atomic E-state index is -0.124. The molecule has 0 atom stereocenters. The smallest absolute Gasteiger partial charge is 0.254 e. The van der Waals surface area contributed by atoms with Crippen LogP contribution in [0.25, 0.3) is 11.0 Å². The van der Waals surface area contributed by atoms with E-state index in [9.17, 15) is 4.79 Å².